The fourth-order valence-corrected chi connectivity index (χ4v) is 1.37. The lowest BCUT2D eigenvalue weighted by Crippen LogP contribution is -2.18. The lowest BCUT2D eigenvalue weighted by Gasteiger charge is -2.07. The van der Waals surface area contributed by atoms with Crippen molar-refractivity contribution in [1.29, 1.82) is 0 Å². The fraction of sp³-hybridized carbons (Fsp3) is 0.455. The van der Waals surface area contributed by atoms with Crippen LogP contribution in [0, 0.1) is 5.92 Å². The molecule has 0 fully saturated rings. The molecule has 14 heavy (non-hydrogen) atoms. The van der Waals surface area contributed by atoms with E-state index in [0.717, 1.165) is 23.5 Å². The van der Waals surface area contributed by atoms with Gasteiger partial charge in [0.15, 0.2) is 0 Å². The number of rotatable bonds is 4. The first-order valence-electron chi connectivity index (χ1n) is 4.63. The highest BCUT2D eigenvalue weighted by Crippen LogP contribution is 2.10. The van der Waals surface area contributed by atoms with E-state index in [2.05, 4.69) is 59.4 Å². The summed E-state index contributed by atoms with van der Waals surface area (Å²) in [7, 11) is 0. The molecule has 1 aromatic rings. The molecular weight excluding hydrogens is 261 g/mol. The average Bonchev–Trinajstić information content (AvgIpc) is 2.08. The molecule has 80 valence electrons. The van der Waals surface area contributed by atoms with Crippen molar-refractivity contribution in [2.45, 2.75) is 20.4 Å². The van der Waals surface area contributed by atoms with Crippen LogP contribution in [0.15, 0.2) is 28.7 Å². The lowest BCUT2D eigenvalue weighted by molar-refractivity contribution is 0.552. The van der Waals surface area contributed by atoms with Crippen LogP contribution in [0.4, 0.5) is 0 Å². The molecule has 0 heterocycles. The Morgan fingerprint density at radius 3 is 2.29 bits per heavy atom. The summed E-state index contributed by atoms with van der Waals surface area (Å²) in [6, 6.07) is 8.42. The quantitative estimate of drug-likeness (QED) is 0.887. The molecule has 0 aliphatic rings. The predicted molar refractivity (Wildman–Crippen MR) is 67.9 cm³/mol. The van der Waals surface area contributed by atoms with Crippen LogP contribution in [0.1, 0.15) is 19.4 Å². The van der Waals surface area contributed by atoms with Crippen LogP contribution < -0.4 is 5.32 Å². The molecule has 0 unspecified atom stereocenters. The van der Waals surface area contributed by atoms with Gasteiger partial charge in [-0.25, -0.2) is 0 Å². The summed E-state index contributed by atoms with van der Waals surface area (Å²) in [6.45, 7) is 6.48. The minimum absolute atomic E-state index is 0. The zero-order valence-corrected chi connectivity index (χ0v) is 11.0. The third-order valence-electron chi connectivity index (χ3n) is 1.79. The van der Waals surface area contributed by atoms with E-state index in [-0.39, 0.29) is 12.4 Å². The first kappa shape index (κ1) is 13.9. The molecule has 0 bridgehead atoms. The molecule has 0 saturated heterocycles. The van der Waals surface area contributed by atoms with Crippen LogP contribution in [0.25, 0.3) is 0 Å². The zero-order valence-electron chi connectivity index (χ0n) is 8.59. The van der Waals surface area contributed by atoms with Gasteiger partial charge in [-0.1, -0.05) is 41.9 Å². The van der Waals surface area contributed by atoms with Crippen LogP contribution in [0.2, 0.25) is 0 Å². The van der Waals surface area contributed by atoms with Crippen molar-refractivity contribution in [1.82, 2.24) is 5.32 Å². The smallest absolute Gasteiger partial charge is 0.0205 e. The van der Waals surface area contributed by atoms with Crippen LogP contribution in [-0.4, -0.2) is 6.54 Å². The average molecular weight is 279 g/mol. The van der Waals surface area contributed by atoms with Gasteiger partial charge in [0.25, 0.3) is 0 Å². The van der Waals surface area contributed by atoms with Gasteiger partial charge in [-0.2, -0.15) is 0 Å². The topological polar surface area (TPSA) is 12.0 Å². The van der Waals surface area contributed by atoms with E-state index >= 15 is 0 Å². The molecule has 1 rings (SSSR count). The molecule has 1 nitrogen and oxygen atoms in total. The van der Waals surface area contributed by atoms with Crippen molar-refractivity contribution < 1.29 is 0 Å². The Morgan fingerprint density at radius 2 is 1.79 bits per heavy atom. The zero-order chi connectivity index (χ0) is 9.68. The monoisotopic (exact) mass is 277 g/mol. The predicted octanol–water partition coefficient (Wildman–Crippen LogP) is 3.62. The largest absolute Gasteiger partial charge is 0.312 e. The molecule has 0 aliphatic heterocycles. The molecule has 0 aromatic heterocycles. The standard InChI is InChI=1S/C11H16BrN.ClH/c1-9(2)7-13-8-10-3-5-11(12)6-4-10;/h3-6,9,13H,7-8H2,1-2H3;1H. The Balaban J connectivity index is 0.00000169. The van der Waals surface area contributed by atoms with E-state index in [1.807, 2.05) is 0 Å². The van der Waals surface area contributed by atoms with Gasteiger partial charge in [-0.05, 0) is 30.2 Å². The number of hydrogen-bond donors (Lipinski definition) is 1. The molecule has 0 spiro atoms. The number of hydrogen-bond acceptors (Lipinski definition) is 1. The van der Waals surface area contributed by atoms with Gasteiger partial charge >= 0.3 is 0 Å². The third-order valence-corrected chi connectivity index (χ3v) is 2.32. The second-order valence-electron chi connectivity index (χ2n) is 3.65. The van der Waals surface area contributed by atoms with E-state index < -0.39 is 0 Å². The molecule has 0 radical (unpaired) electrons. The van der Waals surface area contributed by atoms with Crippen molar-refractivity contribution in [2.24, 2.45) is 5.92 Å². The second-order valence-corrected chi connectivity index (χ2v) is 4.57. The summed E-state index contributed by atoms with van der Waals surface area (Å²) < 4.78 is 1.14. The molecule has 0 atom stereocenters. The Hall–Kier alpha value is -0.0500. The summed E-state index contributed by atoms with van der Waals surface area (Å²) in [5.74, 6) is 0.718. The molecule has 3 heteroatoms. The van der Waals surface area contributed by atoms with Crippen molar-refractivity contribution in [3.05, 3.63) is 34.3 Å². The number of nitrogens with one attached hydrogen (secondary N) is 1. The van der Waals surface area contributed by atoms with E-state index in [4.69, 9.17) is 0 Å². The fourth-order valence-electron chi connectivity index (χ4n) is 1.11. The Kier molecular flexibility index (Phi) is 7.24. The number of halogens is 2. The maximum atomic E-state index is 3.42. The highest BCUT2D eigenvalue weighted by molar-refractivity contribution is 9.10. The Labute approximate surface area is 101 Å². The van der Waals surface area contributed by atoms with Crippen molar-refractivity contribution in [2.75, 3.05) is 6.54 Å². The highest BCUT2D eigenvalue weighted by atomic mass is 79.9. The summed E-state index contributed by atoms with van der Waals surface area (Å²) in [4.78, 5) is 0. The molecule has 1 aromatic carbocycles. The van der Waals surface area contributed by atoms with E-state index in [0.29, 0.717) is 0 Å². The van der Waals surface area contributed by atoms with Crippen LogP contribution in [0.3, 0.4) is 0 Å². The maximum Gasteiger partial charge on any atom is 0.0205 e. The lowest BCUT2D eigenvalue weighted by atomic mass is 10.2. The maximum absolute atomic E-state index is 3.42. The molecule has 1 N–H and O–H groups in total. The summed E-state index contributed by atoms with van der Waals surface area (Å²) in [5, 5.41) is 3.41. The second kappa shape index (κ2) is 7.27. The highest BCUT2D eigenvalue weighted by Gasteiger charge is 1.94. The van der Waals surface area contributed by atoms with Gasteiger partial charge in [0.1, 0.15) is 0 Å². The van der Waals surface area contributed by atoms with Crippen LogP contribution in [-0.2, 0) is 6.54 Å². The first-order chi connectivity index (χ1) is 6.18. The molecular formula is C11H17BrClN. The molecule has 0 saturated carbocycles. The van der Waals surface area contributed by atoms with E-state index in [1.54, 1.807) is 0 Å². The normalized spacial score (nSPS) is 10.0. The number of benzene rings is 1. The van der Waals surface area contributed by atoms with Gasteiger partial charge in [0.05, 0.1) is 0 Å². The summed E-state index contributed by atoms with van der Waals surface area (Å²) >= 11 is 3.42. The Bertz CT molecular complexity index is 246. The van der Waals surface area contributed by atoms with Gasteiger partial charge < -0.3 is 5.32 Å². The van der Waals surface area contributed by atoms with Gasteiger partial charge in [0, 0.05) is 11.0 Å². The van der Waals surface area contributed by atoms with E-state index in [9.17, 15) is 0 Å². The first-order valence-corrected chi connectivity index (χ1v) is 5.43. The van der Waals surface area contributed by atoms with Crippen molar-refractivity contribution in [3.8, 4) is 0 Å². The Morgan fingerprint density at radius 1 is 1.21 bits per heavy atom. The van der Waals surface area contributed by atoms with Crippen LogP contribution in [0.5, 0.6) is 0 Å². The summed E-state index contributed by atoms with van der Waals surface area (Å²) in [6.07, 6.45) is 0. The van der Waals surface area contributed by atoms with Crippen molar-refractivity contribution in [3.63, 3.8) is 0 Å². The van der Waals surface area contributed by atoms with Gasteiger partial charge in [-0.3, -0.25) is 0 Å². The molecule has 0 amide bonds. The SMILES string of the molecule is CC(C)CNCc1ccc(Br)cc1.Cl. The van der Waals surface area contributed by atoms with Crippen LogP contribution >= 0.6 is 28.3 Å². The minimum Gasteiger partial charge on any atom is -0.312 e. The summed E-state index contributed by atoms with van der Waals surface area (Å²) in [5.41, 5.74) is 1.34. The molecule has 0 aliphatic carbocycles. The third kappa shape index (κ3) is 5.63. The van der Waals surface area contributed by atoms with E-state index in [1.165, 1.54) is 5.56 Å². The van der Waals surface area contributed by atoms with Gasteiger partial charge in [-0.15, -0.1) is 12.4 Å². The van der Waals surface area contributed by atoms with Gasteiger partial charge in [0.2, 0.25) is 0 Å². The minimum atomic E-state index is 0. The van der Waals surface area contributed by atoms with Crippen molar-refractivity contribution >= 4 is 28.3 Å².